The summed E-state index contributed by atoms with van der Waals surface area (Å²) in [5, 5.41) is 8.19. The fourth-order valence-corrected chi connectivity index (χ4v) is 3.16. The monoisotopic (exact) mass is 339 g/mol. The van der Waals surface area contributed by atoms with Gasteiger partial charge in [-0.3, -0.25) is 19.3 Å². The fourth-order valence-electron chi connectivity index (χ4n) is 2.33. The van der Waals surface area contributed by atoms with Gasteiger partial charge in [0.2, 0.25) is 0 Å². The first-order valence-electron chi connectivity index (χ1n) is 7.17. The molecule has 1 N–H and O–H groups in total. The Hall–Kier alpha value is -2.86. The molecule has 1 fully saturated rings. The van der Waals surface area contributed by atoms with Crippen LogP contribution >= 0.6 is 11.8 Å². The van der Waals surface area contributed by atoms with Gasteiger partial charge in [0, 0.05) is 0 Å². The van der Waals surface area contributed by atoms with Crippen molar-refractivity contribution in [1.82, 2.24) is 4.90 Å². The van der Waals surface area contributed by atoms with Crippen molar-refractivity contribution in [3.05, 3.63) is 65.1 Å². The van der Waals surface area contributed by atoms with E-state index in [0.717, 1.165) is 33.4 Å². The van der Waals surface area contributed by atoms with E-state index in [9.17, 15) is 14.4 Å². The van der Waals surface area contributed by atoms with Crippen LogP contribution in [-0.2, 0) is 9.59 Å². The number of hydrogen-bond donors (Lipinski definition) is 1. The predicted octanol–water partition coefficient (Wildman–Crippen LogP) is 3.47. The predicted molar refractivity (Wildman–Crippen MR) is 92.2 cm³/mol. The van der Waals surface area contributed by atoms with Crippen LogP contribution in [0.4, 0.5) is 4.79 Å². The summed E-state index contributed by atoms with van der Waals surface area (Å²) < 4.78 is 0. The number of hydrogen-bond acceptors (Lipinski definition) is 4. The Morgan fingerprint density at radius 3 is 2.25 bits per heavy atom. The highest BCUT2D eigenvalue weighted by Crippen LogP contribution is 2.32. The Bertz CT molecular complexity index is 828. The molecule has 1 aliphatic heterocycles. The van der Waals surface area contributed by atoms with Crippen molar-refractivity contribution in [1.29, 1.82) is 0 Å². The van der Waals surface area contributed by atoms with E-state index >= 15 is 0 Å². The molecule has 0 aliphatic carbocycles. The molecule has 0 spiro atoms. The highest BCUT2D eigenvalue weighted by Gasteiger charge is 2.36. The molecule has 0 aromatic heterocycles. The second-order valence-electron chi connectivity index (χ2n) is 5.15. The SMILES string of the molecule is O=C(O)CN1C(=O)S/C(=C/c2ccc(-c3ccccc3)cc2)C1=O. The van der Waals surface area contributed by atoms with Gasteiger partial charge in [-0.1, -0.05) is 54.6 Å². The number of aliphatic carboxylic acids is 1. The van der Waals surface area contributed by atoms with Crippen LogP contribution in [0.1, 0.15) is 5.56 Å². The largest absolute Gasteiger partial charge is 0.480 e. The molecule has 0 bridgehead atoms. The van der Waals surface area contributed by atoms with Crippen LogP contribution in [0.25, 0.3) is 17.2 Å². The Kier molecular flexibility index (Phi) is 4.48. The third-order valence-electron chi connectivity index (χ3n) is 3.48. The average Bonchev–Trinajstić information content (AvgIpc) is 2.83. The number of thioether (sulfide) groups is 1. The molecule has 3 rings (SSSR count). The van der Waals surface area contributed by atoms with Gasteiger partial charge < -0.3 is 5.11 Å². The Morgan fingerprint density at radius 1 is 1.00 bits per heavy atom. The number of carboxylic acids is 1. The zero-order valence-electron chi connectivity index (χ0n) is 12.5. The summed E-state index contributed by atoms with van der Waals surface area (Å²) in [5.74, 6) is -1.79. The summed E-state index contributed by atoms with van der Waals surface area (Å²) in [4.78, 5) is 35.5. The van der Waals surface area contributed by atoms with Gasteiger partial charge in [0.25, 0.3) is 11.1 Å². The summed E-state index contributed by atoms with van der Waals surface area (Å²) in [5.41, 5.74) is 2.91. The maximum atomic E-state index is 12.1. The molecule has 0 atom stereocenters. The highest BCUT2D eigenvalue weighted by molar-refractivity contribution is 8.18. The van der Waals surface area contributed by atoms with E-state index < -0.39 is 23.7 Å². The topological polar surface area (TPSA) is 74.7 Å². The lowest BCUT2D eigenvalue weighted by molar-refractivity contribution is -0.140. The molecule has 2 aromatic carbocycles. The molecule has 0 saturated carbocycles. The lowest BCUT2D eigenvalue weighted by Crippen LogP contribution is -2.33. The van der Waals surface area contributed by atoms with Gasteiger partial charge in [0.1, 0.15) is 6.54 Å². The number of carbonyl (C=O) groups is 3. The molecule has 1 heterocycles. The number of nitrogens with zero attached hydrogens (tertiary/aromatic N) is 1. The summed E-state index contributed by atoms with van der Waals surface area (Å²) in [6, 6.07) is 17.5. The third-order valence-corrected chi connectivity index (χ3v) is 4.39. The first-order chi connectivity index (χ1) is 11.5. The second-order valence-corrected chi connectivity index (χ2v) is 6.14. The van der Waals surface area contributed by atoms with Crippen LogP contribution in [0.3, 0.4) is 0 Å². The normalized spacial score (nSPS) is 16.0. The van der Waals surface area contributed by atoms with Crippen molar-refractivity contribution in [2.24, 2.45) is 0 Å². The first-order valence-corrected chi connectivity index (χ1v) is 7.99. The van der Waals surface area contributed by atoms with E-state index in [0.29, 0.717) is 0 Å². The van der Waals surface area contributed by atoms with E-state index in [2.05, 4.69) is 0 Å². The molecule has 0 unspecified atom stereocenters. The van der Waals surface area contributed by atoms with E-state index in [4.69, 9.17) is 5.11 Å². The summed E-state index contributed by atoms with van der Waals surface area (Å²) >= 11 is 0.754. The van der Waals surface area contributed by atoms with Gasteiger partial charge in [-0.2, -0.15) is 0 Å². The first kappa shape index (κ1) is 16.0. The second kappa shape index (κ2) is 6.72. The van der Waals surface area contributed by atoms with Gasteiger partial charge in [-0.05, 0) is 34.5 Å². The molecule has 1 saturated heterocycles. The molecule has 24 heavy (non-hydrogen) atoms. The van der Waals surface area contributed by atoms with Crippen LogP contribution in [0.5, 0.6) is 0 Å². The quantitative estimate of drug-likeness (QED) is 0.863. The number of amides is 2. The van der Waals surface area contributed by atoms with Crippen molar-refractivity contribution in [3.63, 3.8) is 0 Å². The zero-order chi connectivity index (χ0) is 17.1. The molecule has 2 aromatic rings. The lowest BCUT2D eigenvalue weighted by atomic mass is 10.0. The molecule has 1 aliphatic rings. The van der Waals surface area contributed by atoms with Crippen molar-refractivity contribution < 1.29 is 19.5 Å². The number of carboxylic acid groups (broad SMARTS) is 1. The van der Waals surface area contributed by atoms with Crippen molar-refractivity contribution in [2.45, 2.75) is 0 Å². The molecule has 2 amide bonds. The molecule has 5 nitrogen and oxygen atoms in total. The van der Waals surface area contributed by atoms with E-state index in [1.54, 1.807) is 6.08 Å². The van der Waals surface area contributed by atoms with Crippen LogP contribution in [0, 0.1) is 0 Å². The molecule has 120 valence electrons. The summed E-state index contributed by atoms with van der Waals surface area (Å²) in [6.45, 7) is -0.616. The number of imide groups is 1. The Morgan fingerprint density at radius 2 is 1.62 bits per heavy atom. The highest BCUT2D eigenvalue weighted by atomic mass is 32.2. The molecule has 0 radical (unpaired) electrons. The van der Waals surface area contributed by atoms with Crippen LogP contribution in [0.15, 0.2) is 59.5 Å². The van der Waals surface area contributed by atoms with E-state index in [1.807, 2.05) is 54.6 Å². The van der Waals surface area contributed by atoms with Crippen molar-refractivity contribution in [3.8, 4) is 11.1 Å². The van der Waals surface area contributed by atoms with E-state index in [1.165, 1.54) is 0 Å². The maximum Gasteiger partial charge on any atom is 0.323 e. The van der Waals surface area contributed by atoms with Crippen LogP contribution in [-0.4, -0.2) is 33.7 Å². The molecular formula is C18H13NO4S. The third kappa shape index (κ3) is 3.38. The van der Waals surface area contributed by atoms with E-state index in [-0.39, 0.29) is 4.91 Å². The minimum atomic E-state index is -1.22. The lowest BCUT2D eigenvalue weighted by Gasteiger charge is -2.07. The Balaban J connectivity index is 1.81. The number of carbonyl (C=O) groups excluding carboxylic acids is 2. The minimum absolute atomic E-state index is 0.230. The van der Waals surface area contributed by atoms with Crippen molar-refractivity contribution in [2.75, 3.05) is 6.54 Å². The van der Waals surface area contributed by atoms with Gasteiger partial charge in [-0.25, -0.2) is 0 Å². The van der Waals surface area contributed by atoms with Gasteiger partial charge in [-0.15, -0.1) is 0 Å². The number of rotatable bonds is 4. The molecule has 6 heteroatoms. The van der Waals surface area contributed by atoms with Crippen molar-refractivity contribution >= 4 is 35.0 Å². The number of benzene rings is 2. The fraction of sp³-hybridized carbons (Fsp3) is 0.0556. The summed E-state index contributed by atoms with van der Waals surface area (Å²) in [7, 11) is 0. The van der Waals surface area contributed by atoms with Crippen LogP contribution in [0.2, 0.25) is 0 Å². The zero-order valence-corrected chi connectivity index (χ0v) is 13.3. The summed E-state index contributed by atoms with van der Waals surface area (Å²) in [6.07, 6.45) is 1.60. The van der Waals surface area contributed by atoms with Crippen LogP contribution < -0.4 is 0 Å². The van der Waals surface area contributed by atoms with Gasteiger partial charge in [0.05, 0.1) is 4.91 Å². The Labute approximate surface area is 142 Å². The smallest absolute Gasteiger partial charge is 0.323 e. The molecular weight excluding hydrogens is 326 g/mol. The standard InChI is InChI=1S/C18H13NO4S/c20-16(21)11-19-17(22)15(24-18(19)23)10-12-6-8-14(9-7-12)13-4-2-1-3-5-13/h1-10H,11H2,(H,20,21)/b15-10+. The average molecular weight is 339 g/mol. The van der Waals surface area contributed by atoms with Gasteiger partial charge >= 0.3 is 5.97 Å². The minimum Gasteiger partial charge on any atom is -0.480 e. The maximum absolute atomic E-state index is 12.1. The van der Waals surface area contributed by atoms with Gasteiger partial charge in [0.15, 0.2) is 0 Å².